The molecule has 21 heavy (non-hydrogen) atoms. The number of aromatic nitrogens is 1. The van der Waals surface area contributed by atoms with Crippen molar-refractivity contribution in [3.05, 3.63) is 53.3 Å². The lowest BCUT2D eigenvalue weighted by Crippen LogP contribution is -2.36. The number of amides is 2. The highest BCUT2D eigenvalue weighted by Crippen LogP contribution is 2.18. The van der Waals surface area contributed by atoms with E-state index in [2.05, 4.69) is 65.4 Å². The standard InChI is InChI=1S/C17H21N3O/c1-12-3-4-13(2)20(12)16-9-5-14(6-10-16)11-18-17(21)19-15-7-8-15/h3-6,9-10,15H,7-8,11H2,1-2H3,(H2,18,19,21). The van der Waals surface area contributed by atoms with E-state index in [1.54, 1.807) is 0 Å². The second kappa shape index (κ2) is 5.64. The number of benzene rings is 1. The van der Waals surface area contributed by atoms with Crippen molar-refractivity contribution in [3.63, 3.8) is 0 Å². The molecular weight excluding hydrogens is 262 g/mol. The van der Waals surface area contributed by atoms with Crippen LogP contribution in [-0.4, -0.2) is 16.6 Å². The minimum absolute atomic E-state index is 0.0707. The van der Waals surface area contributed by atoms with Gasteiger partial charge in [-0.05, 0) is 56.5 Å². The number of urea groups is 1. The molecule has 1 heterocycles. The Balaban J connectivity index is 1.62. The molecule has 1 fully saturated rings. The summed E-state index contributed by atoms with van der Waals surface area (Å²) in [6, 6.07) is 12.9. The molecule has 4 nitrogen and oxygen atoms in total. The van der Waals surface area contributed by atoms with Crippen LogP contribution in [-0.2, 0) is 6.54 Å². The number of nitrogens with one attached hydrogen (secondary N) is 2. The molecule has 0 atom stereocenters. The Labute approximate surface area is 125 Å². The molecule has 1 aromatic heterocycles. The van der Waals surface area contributed by atoms with Crippen molar-refractivity contribution in [2.45, 2.75) is 39.3 Å². The van der Waals surface area contributed by atoms with Gasteiger partial charge in [-0.2, -0.15) is 0 Å². The summed E-state index contributed by atoms with van der Waals surface area (Å²) >= 11 is 0. The van der Waals surface area contributed by atoms with Gasteiger partial charge < -0.3 is 15.2 Å². The average Bonchev–Trinajstić information content (AvgIpc) is 3.22. The van der Waals surface area contributed by atoms with Crippen LogP contribution in [0.3, 0.4) is 0 Å². The van der Waals surface area contributed by atoms with Gasteiger partial charge in [0.05, 0.1) is 0 Å². The zero-order valence-corrected chi connectivity index (χ0v) is 12.5. The molecule has 0 bridgehead atoms. The van der Waals surface area contributed by atoms with Crippen molar-refractivity contribution in [1.29, 1.82) is 0 Å². The van der Waals surface area contributed by atoms with Crippen LogP contribution in [0.1, 0.15) is 29.8 Å². The summed E-state index contributed by atoms with van der Waals surface area (Å²) in [5, 5.41) is 5.81. The fourth-order valence-corrected chi connectivity index (χ4v) is 2.49. The Bertz CT molecular complexity index is 619. The third-order valence-corrected chi connectivity index (χ3v) is 3.83. The second-order valence-electron chi connectivity index (χ2n) is 5.72. The molecule has 2 aromatic rings. The fourth-order valence-electron chi connectivity index (χ4n) is 2.49. The Morgan fingerprint density at radius 1 is 1.10 bits per heavy atom. The van der Waals surface area contributed by atoms with Gasteiger partial charge in [-0.25, -0.2) is 4.79 Å². The number of carbonyl (C=O) groups excluding carboxylic acids is 1. The van der Waals surface area contributed by atoms with Crippen molar-refractivity contribution in [2.75, 3.05) is 0 Å². The highest BCUT2D eigenvalue weighted by Gasteiger charge is 2.22. The molecule has 110 valence electrons. The van der Waals surface area contributed by atoms with E-state index < -0.39 is 0 Å². The number of rotatable bonds is 4. The summed E-state index contributed by atoms with van der Waals surface area (Å²) in [6.07, 6.45) is 2.22. The minimum Gasteiger partial charge on any atom is -0.335 e. The molecule has 2 amide bonds. The van der Waals surface area contributed by atoms with Crippen LogP contribution < -0.4 is 10.6 Å². The monoisotopic (exact) mass is 283 g/mol. The predicted molar refractivity (Wildman–Crippen MR) is 83.6 cm³/mol. The van der Waals surface area contributed by atoms with Gasteiger partial charge >= 0.3 is 6.03 Å². The highest BCUT2D eigenvalue weighted by atomic mass is 16.2. The lowest BCUT2D eigenvalue weighted by atomic mass is 10.2. The van der Waals surface area contributed by atoms with Crippen LogP contribution in [0.5, 0.6) is 0 Å². The average molecular weight is 283 g/mol. The lowest BCUT2D eigenvalue weighted by molar-refractivity contribution is 0.240. The topological polar surface area (TPSA) is 46.1 Å². The number of aryl methyl sites for hydroxylation is 2. The molecule has 0 radical (unpaired) electrons. The minimum atomic E-state index is -0.0707. The third-order valence-electron chi connectivity index (χ3n) is 3.83. The molecule has 4 heteroatoms. The number of nitrogens with zero attached hydrogens (tertiary/aromatic N) is 1. The predicted octanol–water partition coefficient (Wildman–Crippen LogP) is 3.06. The summed E-state index contributed by atoms with van der Waals surface area (Å²) < 4.78 is 2.22. The van der Waals surface area contributed by atoms with Crippen LogP contribution in [0.15, 0.2) is 36.4 Å². The van der Waals surface area contributed by atoms with Gasteiger partial charge in [0, 0.05) is 29.7 Å². The molecule has 0 aliphatic heterocycles. The largest absolute Gasteiger partial charge is 0.335 e. The quantitative estimate of drug-likeness (QED) is 0.890. The molecule has 1 saturated carbocycles. The molecule has 0 saturated heterocycles. The van der Waals surface area contributed by atoms with Gasteiger partial charge in [0.2, 0.25) is 0 Å². The van der Waals surface area contributed by atoms with E-state index in [4.69, 9.17) is 0 Å². The molecule has 1 aliphatic rings. The van der Waals surface area contributed by atoms with Crippen LogP contribution in [0.25, 0.3) is 5.69 Å². The summed E-state index contributed by atoms with van der Waals surface area (Å²) in [5.41, 5.74) is 4.71. The third kappa shape index (κ3) is 3.27. The molecule has 0 spiro atoms. The van der Waals surface area contributed by atoms with E-state index in [0.717, 1.165) is 24.1 Å². The van der Waals surface area contributed by atoms with Gasteiger partial charge in [-0.3, -0.25) is 0 Å². The van der Waals surface area contributed by atoms with Gasteiger partial charge in [-0.15, -0.1) is 0 Å². The first kappa shape index (κ1) is 13.7. The van der Waals surface area contributed by atoms with Crippen molar-refractivity contribution in [3.8, 4) is 5.69 Å². The lowest BCUT2D eigenvalue weighted by Gasteiger charge is -2.11. The molecule has 1 aliphatic carbocycles. The highest BCUT2D eigenvalue weighted by molar-refractivity contribution is 5.74. The number of carbonyl (C=O) groups is 1. The number of hydrogen-bond acceptors (Lipinski definition) is 1. The van der Waals surface area contributed by atoms with Crippen LogP contribution >= 0.6 is 0 Å². The molecule has 3 rings (SSSR count). The Morgan fingerprint density at radius 3 is 2.29 bits per heavy atom. The van der Waals surface area contributed by atoms with Crippen molar-refractivity contribution in [2.24, 2.45) is 0 Å². The summed E-state index contributed by atoms with van der Waals surface area (Å²) in [4.78, 5) is 11.6. The van der Waals surface area contributed by atoms with E-state index in [0.29, 0.717) is 12.6 Å². The zero-order valence-electron chi connectivity index (χ0n) is 12.5. The maximum Gasteiger partial charge on any atom is 0.315 e. The first-order chi connectivity index (χ1) is 10.1. The van der Waals surface area contributed by atoms with E-state index in [9.17, 15) is 4.79 Å². The Kier molecular flexibility index (Phi) is 3.69. The van der Waals surface area contributed by atoms with Gasteiger partial charge in [0.25, 0.3) is 0 Å². The first-order valence-corrected chi connectivity index (χ1v) is 7.42. The fraction of sp³-hybridized carbons (Fsp3) is 0.353. The molecule has 2 N–H and O–H groups in total. The first-order valence-electron chi connectivity index (χ1n) is 7.42. The Hall–Kier alpha value is -2.23. The second-order valence-corrected chi connectivity index (χ2v) is 5.72. The van der Waals surface area contributed by atoms with E-state index in [1.807, 2.05) is 0 Å². The van der Waals surface area contributed by atoms with Crippen LogP contribution in [0, 0.1) is 13.8 Å². The van der Waals surface area contributed by atoms with Crippen LogP contribution in [0.2, 0.25) is 0 Å². The van der Waals surface area contributed by atoms with Gasteiger partial charge in [0.1, 0.15) is 0 Å². The van der Waals surface area contributed by atoms with E-state index in [1.165, 1.54) is 11.4 Å². The Morgan fingerprint density at radius 2 is 1.71 bits per heavy atom. The van der Waals surface area contributed by atoms with E-state index >= 15 is 0 Å². The summed E-state index contributed by atoms with van der Waals surface area (Å²) in [5.74, 6) is 0. The smallest absolute Gasteiger partial charge is 0.315 e. The SMILES string of the molecule is Cc1ccc(C)n1-c1ccc(CNC(=O)NC2CC2)cc1. The van der Waals surface area contributed by atoms with Crippen molar-refractivity contribution in [1.82, 2.24) is 15.2 Å². The normalized spacial score (nSPS) is 14.0. The molecule has 0 unspecified atom stereocenters. The van der Waals surface area contributed by atoms with Gasteiger partial charge in [0.15, 0.2) is 0 Å². The number of hydrogen-bond donors (Lipinski definition) is 2. The maximum atomic E-state index is 11.6. The van der Waals surface area contributed by atoms with Crippen LogP contribution in [0.4, 0.5) is 4.79 Å². The van der Waals surface area contributed by atoms with Gasteiger partial charge in [-0.1, -0.05) is 12.1 Å². The zero-order chi connectivity index (χ0) is 14.8. The summed E-state index contributed by atoms with van der Waals surface area (Å²) in [7, 11) is 0. The molecular formula is C17H21N3O. The van der Waals surface area contributed by atoms with E-state index in [-0.39, 0.29) is 6.03 Å². The summed E-state index contributed by atoms with van der Waals surface area (Å²) in [6.45, 7) is 4.76. The van der Waals surface area contributed by atoms with Crippen molar-refractivity contribution < 1.29 is 4.79 Å². The maximum absolute atomic E-state index is 11.6. The van der Waals surface area contributed by atoms with Crippen molar-refractivity contribution >= 4 is 6.03 Å². The molecule has 1 aromatic carbocycles.